The van der Waals surface area contributed by atoms with E-state index in [1.807, 2.05) is 13.8 Å². The van der Waals surface area contributed by atoms with E-state index in [2.05, 4.69) is 0 Å². The fraction of sp³-hybridized carbons (Fsp3) is 0.200. The number of aliphatic hydroxyl groups is 1. The van der Waals surface area contributed by atoms with Crippen LogP contribution in [0.2, 0.25) is 0 Å². The number of hydrogen-bond acceptors (Lipinski definition) is 5. The van der Waals surface area contributed by atoms with Gasteiger partial charge in [0.1, 0.15) is 0 Å². The molecule has 4 rings (SSSR count). The number of benzene rings is 3. The molecule has 0 saturated carbocycles. The van der Waals surface area contributed by atoms with Gasteiger partial charge >= 0.3 is 0 Å². The molecule has 8 heteroatoms. The highest BCUT2D eigenvalue weighted by Gasteiger charge is 2.47. The molecule has 33 heavy (non-hydrogen) atoms. The largest absolute Gasteiger partial charge is 0.394 e. The Labute approximate surface area is 194 Å². The molecule has 172 valence electrons. The lowest BCUT2D eigenvalue weighted by Crippen LogP contribution is -2.40. The molecule has 0 unspecified atom stereocenters. The molecule has 1 aliphatic heterocycles. The zero-order chi connectivity index (χ0) is 23.8. The van der Waals surface area contributed by atoms with E-state index < -0.39 is 38.6 Å². The van der Waals surface area contributed by atoms with Gasteiger partial charge in [-0.05, 0) is 49.8 Å². The third-order valence-electron chi connectivity index (χ3n) is 5.75. The van der Waals surface area contributed by atoms with Crippen LogP contribution in [0.25, 0.3) is 0 Å². The minimum Gasteiger partial charge on any atom is -0.394 e. The number of sulfonamides is 1. The second kappa shape index (κ2) is 8.87. The molecular formula is C25H25NO5S2. The molecule has 3 aromatic carbocycles. The highest BCUT2D eigenvalue weighted by molar-refractivity contribution is 7.95. The number of aliphatic hydroxyl groups excluding tert-OH is 1. The summed E-state index contributed by atoms with van der Waals surface area (Å²) in [6, 6.07) is 19.3. The zero-order valence-electron chi connectivity index (χ0n) is 18.3. The Morgan fingerprint density at radius 1 is 0.758 bits per heavy atom. The molecular weight excluding hydrogens is 458 g/mol. The number of sulfone groups is 1. The highest BCUT2D eigenvalue weighted by Crippen LogP contribution is 2.44. The summed E-state index contributed by atoms with van der Waals surface area (Å²) in [5.41, 5.74) is 2.31. The van der Waals surface area contributed by atoms with Gasteiger partial charge in [-0.3, -0.25) is 0 Å². The smallest absolute Gasteiger partial charge is 0.244 e. The van der Waals surface area contributed by atoms with Crippen LogP contribution in [0.4, 0.5) is 0 Å². The molecule has 1 N–H and O–H groups in total. The number of rotatable bonds is 6. The van der Waals surface area contributed by atoms with Gasteiger partial charge in [-0.15, -0.1) is 0 Å². The van der Waals surface area contributed by atoms with Crippen molar-refractivity contribution in [3.8, 4) is 0 Å². The third-order valence-corrected chi connectivity index (χ3v) is 9.53. The second-order valence-corrected chi connectivity index (χ2v) is 11.9. The average molecular weight is 484 g/mol. The predicted octanol–water partition coefficient (Wildman–Crippen LogP) is 3.77. The molecule has 0 amide bonds. The van der Waals surface area contributed by atoms with Gasteiger partial charge in [0.05, 0.1) is 33.4 Å². The number of aryl methyl sites for hydroxylation is 2. The van der Waals surface area contributed by atoms with Crippen LogP contribution in [0.1, 0.15) is 22.7 Å². The molecule has 0 spiro atoms. The molecule has 0 radical (unpaired) electrons. The van der Waals surface area contributed by atoms with Crippen LogP contribution in [-0.4, -0.2) is 38.9 Å². The fourth-order valence-corrected chi connectivity index (χ4v) is 7.42. The Balaban J connectivity index is 1.91. The topological polar surface area (TPSA) is 91.8 Å². The number of nitrogens with zero attached hydrogens (tertiary/aromatic N) is 1. The standard InChI is InChI=1S/C25H25NO5S2/c1-18-8-12-22(13-9-18)32(28,29)24-16-21(17-27)26(25(24)20-6-4-3-5-7-20)33(30,31)23-14-10-19(2)11-15-23/h3-16,21,25,27H,17H2,1-2H3/t21-,25-/m0/s1. The maximum absolute atomic E-state index is 13.7. The first-order valence-corrected chi connectivity index (χ1v) is 13.4. The van der Waals surface area contributed by atoms with Gasteiger partial charge in [-0.2, -0.15) is 4.31 Å². The summed E-state index contributed by atoms with van der Waals surface area (Å²) in [6.45, 7) is 3.15. The summed E-state index contributed by atoms with van der Waals surface area (Å²) in [6.07, 6.45) is 1.36. The summed E-state index contributed by atoms with van der Waals surface area (Å²) in [5.74, 6) is 0. The van der Waals surface area contributed by atoms with Gasteiger partial charge in [0.15, 0.2) is 0 Å². The average Bonchev–Trinajstić information content (AvgIpc) is 3.22. The molecule has 1 heterocycles. The zero-order valence-corrected chi connectivity index (χ0v) is 19.9. The Morgan fingerprint density at radius 3 is 1.79 bits per heavy atom. The highest BCUT2D eigenvalue weighted by atomic mass is 32.2. The van der Waals surface area contributed by atoms with Crippen LogP contribution in [-0.2, 0) is 19.9 Å². The van der Waals surface area contributed by atoms with Crippen molar-refractivity contribution < 1.29 is 21.9 Å². The molecule has 3 aromatic rings. The maximum Gasteiger partial charge on any atom is 0.244 e. The summed E-state index contributed by atoms with van der Waals surface area (Å²) in [5, 5.41) is 10.1. The summed E-state index contributed by atoms with van der Waals surface area (Å²) in [7, 11) is -8.17. The van der Waals surface area contributed by atoms with Crippen molar-refractivity contribution in [3.63, 3.8) is 0 Å². The lowest BCUT2D eigenvalue weighted by atomic mass is 10.1. The van der Waals surface area contributed by atoms with Crippen LogP contribution in [0.5, 0.6) is 0 Å². The van der Waals surface area contributed by atoms with Gasteiger partial charge in [0.25, 0.3) is 0 Å². The van der Waals surface area contributed by atoms with Crippen molar-refractivity contribution in [1.82, 2.24) is 4.31 Å². The number of hydrogen-bond donors (Lipinski definition) is 1. The Kier molecular flexibility index (Phi) is 6.28. The van der Waals surface area contributed by atoms with E-state index >= 15 is 0 Å². The van der Waals surface area contributed by atoms with Crippen LogP contribution in [0.3, 0.4) is 0 Å². The lowest BCUT2D eigenvalue weighted by Gasteiger charge is -2.30. The molecule has 0 saturated heterocycles. The maximum atomic E-state index is 13.7. The fourth-order valence-electron chi connectivity index (χ4n) is 3.99. The minimum absolute atomic E-state index is 0.0369. The lowest BCUT2D eigenvalue weighted by molar-refractivity contribution is 0.211. The normalized spacial score (nSPS) is 19.4. The first-order chi connectivity index (χ1) is 15.7. The van der Waals surface area contributed by atoms with Crippen LogP contribution in [0, 0.1) is 13.8 Å². The summed E-state index contributed by atoms with van der Waals surface area (Å²) in [4.78, 5) is 0.0497. The van der Waals surface area contributed by atoms with Crippen LogP contribution < -0.4 is 0 Å². The van der Waals surface area contributed by atoms with Gasteiger partial charge in [0.2, 0.25) is 19.9 Å². The van der Waals surface area contributed by atoms with Crippen molar-refractivity contribution in [2.24, 2.45) is 0 Å². The van der Waals surface area contributed by atoms with Crippen molar-refractivity contribution in [3.05, 3.63) is 107 Å². The van der Waals surface area contributed by atoms with Gasteiger partial charge in [0, 0.05) is 0 Å². The van der Waals surface area contributed by atoms with Crippen molar-refractivity contribution in [1.29, 1.82) is 0 Å². The van der Waals surface area contributed by atoms with Gasteiger partial charge in [-0.25, -0.2) is 16.8 Å². The first-order valence-electron chi connectivity index (χ1n) is 10.5. The Morgan fingerprint density at radius 2 is 1.27 bits per heavy atom. The third kappa shape index (κ3) is 4.27. The molecule has 0 aromatic heterocycles. The van der Waals surface area contributed by atoms with E-state index in [9.17, 15) is 21.9 Å². The van der Waals surface area contributed by atoms with E-state index in [4.69, 9.17) is 0 Å². The Bertz CT molecular complexity index is 1380. The molecule has 0 bridgehead atoms. The minimum atomic E-state index is -4.14. The van der Waals surface area contributed by atoms with Gasteiger partial charge in [-0.1, -0.05) is 65.7 Å². The van der Waals surface area contributed by atoms with E-state index in [-0.39, 0.29) is 14.7 Å². The Hall–Kier alpha value is -2.78. The van der Waals surface area contributed by atoms with Crippen molar-refractivity contribution >= 4 is 19.9 Å². The van der Waals surface area contributed by atoms with Gasteiger partial charge < -0.3 is 5.11 Å². The van der Waals surface area contributed by atoms with Crippen LogP contribution >= 0.6 is 0 Å². The molecule has 1 aliphatic rings. The second-order valence-electron chi connectivity index (χ2n) is 8.10. The SMILES string of the molecule is Cc1ccc(S(=O)(=O)C2=C[C@@H](CO)N(S(=O)(=O)c3ccc(C)cc3)[C@H]2c2ccccc2)cc1. The molecule has 6 nitrogen and oxygen atoms in total. The molecule has 0 fully saturated rings. The van der Waals surface area contributed by atoms with Crippen LogP contribution in [0.15, 0.2) is 99.6 Å². The van der Waals surface area contributed by atoms with E-state index in [0.717, 1.165) is 15.4 Å². The summed E-state index contributed by atoms with van der Waals surface area (Å²) < 4.78 is 55.9. The van der Waals surface area contributed by atoms with E-state index in [1.165, 1.54) is 30.3 Å². The first kappa shape index (κ1) is 23.4. The predicted molar refractivity (Wildman–Crippen MR) is 127 cm³/mol. The van der Waals surface area contributed by atoms with Crippen molar-refractivity contribution in [2.75, 3.05) is 6.61 Å². The molecule has 2 atom stereocenters. The summed E-state index contributed by atoms with van der Waals surface area (Å²) >= 11 is 0. The van der Waals surface area contributed by atoms with E-state index in [0.29, 0.717) is 5.56 Å². The van der Waals surface area contributed by atoms with Crippen molar-refractivity contribution in [2.45, 2.75) is 35.7 Å². The van der Waals surface area contributed by atoms with E-state index in [1.54, 1.807) is 54.6 Å². The molecule has 0 aliphatic carbocycles. The monoisotopic (exact) mass is 483 g/mol. The quantitative estimate of drug-likeness (QED) is 0.576.